The smallest absolute Gasteiger partial charge is 0.311 e. The molecule has 0 spiro atoms. The van der Waals surface area contributed by atoms with Crippen molar-refractivity contribution in [1.82, 2.24) is 0 Å². The number of esters is 1. The third-order valence-corrected chi connectivity index (χ3v) is 5.40. The van der Waals surface area contributed by atoms with Gasteiger partial charge in [0, 0.05) is 12.5 Å². The predicted octanol–water partition coefficient (Wildman–Crippen LogP) is 5.32. The van der Waals surface area contributed by atoms with Crippen LogP contribution in [0.3, 0.4) is 0 Å². The summed E-state index contributed by atoms with van der Waals surface area (Å²) in [6.45, 7) is 1.75. The van der Waals surface area contributed by atoms with Crippen LogP contribution in [0.4, 0.5) is 0 Å². The van der Waals surface area contributed by atoms with E-state index < -0.39 is 0 Å². The zero-order valence-corrected chi connectivity index (χ0v) is 18.7. The Morgan fingerprint density at radius 1 is 0.909 bits per heavy atom. The summed E-state index contributed by atoms with van der Waals surface area (Å²) in [7, 11) is 3.14. The van der Waals surface area contributed by atoms with Gasteiger partial charge in [-0.1, -0.05) is 36.4 Å². The second kappa shape index (κ2) is 9.61. The summed E-state index contributed by atoms with van der Waals surface area (Å²) in [6.07, 6.45) is 0.671. The standard InChI is InChI=1S/C27H24O6/c1-17-26(19-7-5-4-6-8-19)27(29)21-12-11-20(16-23(21)32-17)33-25(28)14-10-18-9-13-22(30-2)24(15-18)31-3/h4-9,11-13,15-16H,10,14H2,1-3H3. The van der Waals surface area contributed by atoms with Gasteiger partial charge in [0.1, 0.15) is 17.1 Å². The Kier molecular flexibility index (Phi) is 6.45. The van der Waals surface area contributed by atoms with Crippen LogP contribution in [-0.2, 0) is 11.2 Å². The highest BCUT2D eigenvalue weighted by atomic mass is 16.5. The monoisotopic (exact) mass is 444 g/mol. The number of fused-ring (bicyclic) bond motifs is 1. The lowest BCUT2D eigenvalue weighted by atomic mass is 10.0. The quantitative estimate of drug-likeness (QED) is 0.284. The van der Waals surface area contributed by atoms with Crippen LogP contribution in [0.5, 0.6) is 17.2 Å². The van der Waals surface area contributed by atoms with E-state index in [-0.39, 0.29) is 17.8 Å². The molecule has 3 aromatic carbocycles. The number of methoxy groups -OCH3 is 2. The molecular formula is C27H24O6. The topological polar surface area (TPSA) is 75.0 Å². The van der Waals surface area contributed by atoms with E-state index in [2.05, 4.69) is 0 Å². The second-order valence-corrected chi connectivity index (χ2v) is 7.55. The van der Waals surface area contributed by atoms with Crippen LogP contribution in [0.15, 0.2) is 75.9 Å². The van der Waals surface area contributed by atoms with Crippen molar-refractivity contribution in [3.8, 4) is 28.4 Å². The molecule has 0 atom stereocenters. The van der Waals surface area contributed by atoms with Gasteiger partial charge < -0.3 is 18.6 Å². The number of benzene rings is 3. The molecule has 4 aromatic rings. The highest BCUT2D eigenvalue weighted by Gasteiger charge is 2.15. The minimum Gasteiger partial charge on any atom is -0.493 e. The predicted molar refractivity (Wildman–Crippen MR) is 126 cm³/mol. The zero-order chi connectivity index (χ0) is 23.4. The van der Waals surface area contributed by atoms with Gasteiger partial charge in [-0.25, -0.2) is 0 Å². The summed E-state index contributed by atoms with van der Waals surface area (Å²) in [5.41, 5.74) is 2.52. The molecule has 0 unspecified atom stereocenters. The average molecular weight is 444 g/mol. The molecule has 0 amide bonds. The summed E-state index contributed by atoms with van der Waals surface area (Å²) < 4.78 is 21.9. The first-order chi connectivity index (χ1) is 16.0. The number of carbonyl (C=O) groups is 1. The summed E-state index contributed by atoms with van der Waals surface area (Å²) in [5, 5.41) is 0.435. The zero-order valence-electron chi connectivity index (χ0n) is 18.7. The van der Waals surface area contributed by atoms with Gasteiger partial charge in [0.15, 0.2) is 11.5 Å². The van der Waals surface area contributed by atoms with E-state index in [9.17, 15) is 9.59 Å². The number of hydrogen-bond acceptors (Lipinski definition) is 6. The summed E-state index contributed by atoms with van der Waals surface area (Å²) >= 11 is 0. The molecule has 0 saturated carbocycles. The minimum atomic E-state index is -0.385. The first-order valence-corrected chi connectivity index (χ1v) is 10.5. The molecule has 0 fully saturated rings. The van der Waals surface area contributed by atoms with Gasteiger partial charge >= 0.3 is 5.97 Å². The van der Waals surface area contributed by atoms with Gasteiger partial charge in [-0.15, -0.1) is 0 Å². The lowest BCUT2D eigenvalue weighted by Crippen LogP contribution is -2.10. The molecule has 4 rings (SSSR count). The largest absolute Gasteiger partial charge is 0.493 e. The van der Waals surface area contributed by atoms with Gasteiger partial charge in [-0.2, -0.15) is 0 Å². The maximum Gasteiger partial charge on any atom is 0.311 e. The molecule has 6 heteroatoms. The average Bonchev–Trinajstić information content (AvgIpc) is 2.83. The van der Waals surface area contributed by atoms with Crippen LogP contribution < -0.4 is 19.6 Å². The summed E-state index contributed by atoms with van der Waals surface area (Å²) in [6, 6.07) is 19.7. The number of rotatable bonds is 7. The molecule has 0 aliphatic carbocycles. The summed E-state index contributed by atoms with van der Waals surface area (Å²) in [4.78, 5) is 25.5. The third-order valence-electron chi connectivity index (χ3n) is 5.40. The van der Waals surface area contributed by atoms with Crippen molar-refractivity contribution < 1.29 is 23.4 Å². The van der Waals surface area contributed by atoms with Gasteiger partial charge in [-0.05, 0) is 48.7 Å². The van der Waals surface area contributed by atoms with Crippen molar-refractivity contribution in [3.05, 3.63) is 88.3 Å². The van der Waals surface area contributed by atoms with E-state index in [1.807, 2.05) is 42.5 Å². The lowest BCUT2D eigenvalue weighted by molar-refractivity contribution is -0.134. The molecule has 33 heavy (non-hydrogen) atoms. The van der Waals surface area contributed by atoms with Gasteiger partial charge in [0.05, 0.1) is 25.2 Å². The van der Waals surface area contributed by atoms with E-state index in [0.717, 1.165) is 11.1 Å². The van der Waals surface area contributed by atoms with Crippen LogP contribution in [0.2, 0.25) is 0 Å². The highest BCUT2D eigenvalue weighted by molar-refractivity contribution is 5.84. The highest BCUT2D eigenvalue weighted by Crippen LogP contribution is 2.29. The van der Waals surface area contributed by atoms with Crippen molar-refractivity contribution in [2.24, 2.45) is 0 Å². The third kappa shape index (κ3) is 4.75. The maximum absolute atomic E-state index is 13.1. The van der Waals surface area contributed by atoms with E-state index >= 15 is 0 Å². The molecule has 1 aromatic heterocycles. The van der Waals surface area contributed by atoms with Crippen molar-refractivity contribution in [2.75, 3.05) is 14.2 Å². The second-order valence-electron chi connectivity index (χ2n) is 7.55. The van der Waals surface area contributed by atoms with Gasteiger partial charge in [-0.3, -0.25) is 9.59 Å². The van der Waals surface area contributed by atoms with Crippen molar-refractivity contribution in [2.45, 2.75) is 19.8 Å². The number of hydrogen-bond donors (Lipinski definition) is 0. The van der Waals surface area contributed by atoms with E-state index in [1.165, 1.54) is 0 Å². The number of carbonyl (C=O) groups excluding carboxylic acids is 1. The molecule has 168 valence electrons. The summed E-state index contributed by atoms with van der Waals surface area (Å²) in [5.74, 6) is 1.69. The van der Waals surface area contributed by atoms with Crippen molar-refractivity contribution >= 4 is 16.9 Å². The first-order valence-electron chi connectivity index (χ1n) is 10.5. The van der Waals surface area contributed by atoms with Crippen LogP contribution >= 0.6 is 0 Å². The molecular weight excluding hydrogens is 420 g/mol. The van der Waals surface area contributed by atoms with Crippen LogP contribution in [-0.4, -0.2) is 20.2 Å². The van der Waals surface area contributed by atoms with E-state index in [1.54, 1.807) is 45.4 Å². The molecule has 1 heterocycles. The normalized spacial score (nSPS) is 10.8. The first kappa shape index (κ1) is 22.1. The van der Waals surface area contributed by atoms with Crippen LogP contribution in [0.1, 0.15) is 17.7 Å². The molecule has 0 aliphatic rings. The Labute approximate surface area is 191 Å². The molecule has 0 radical (unpaired) electrons. The van der Waals surface area contributed by atoms with Crippen molar-refractivity contribution in [1.29, 1.82) is 0 Å². The fourth-order valence-electron chi connectivity index (χ4n) is 3.75. The fourth-order valence-corrected chi connectivity index (χ4v) is 3.75. The Balaban J connectivity index is 1.50. The SMILES string of the molecule is COc1ccc(CCC(=O)Oc2ccc3c(=O)c(-c4ccccc4)c(C)oc3c2)cc1OC. The Hall–Kier alpha value is -4.06. The molecule has 0 aliphatic heterocycles. The fraction of sp³-hybridized carbons (Fsp3) is 0.185. The molecule has 0 N–H and O–H groups in total. The number of ether oxygens (including phenoxy) is 3. The van der Waals surface area contributed by atoms with Gasteiger partial charge in [0.2, 0.25) is 5.43 Å². The molecule has 0 bridgehead atoms. The molecule has 0 saturated heterocycles. The Bertz CT molecular complexity index is 1350. The number of aryl methyl sites for hydroxylation is 2. The van der Waals surface area contributed by atoms with Gasteiger partial charge in [0.25, 0.3) is 0 Å². The Morgan fingerprint density at radius 3 is 2.39 bits per heavy atom. The van der Waals surface area contributed by atoms with Crippen LogP contribution in [0, 0.1) is 6.92 Å². The Morgan fingerprint density at radius 2 is 1.67 bits per heavy atom. The van der Waals surface area contributed by atoms with E-state index in [0.29, 0.717) is 46.0 Å². The minimum absolute atomic E-state index is 0.119. The maximum atomic E-state index is 13.1. The lowest BCUT2D eigenvalue weighted by Gasteiger charge is -2.10. The van der Waals surface area contributed by atoms with E-state index in [4.69, 9.17) is 18.6 Å². The molecule has 6 nitrogen and oxygen atoms in total. The van der Waals surface area contributed by atoms with Crippen LogP contribution in [0.25, 0.3) is 22.1 Å². The van der Waals surface area contributed by atoms with Crippen molar-refractivity contribution in [3.63, 3.8) is 0 Å².